The van der Waals surface area contributed by atoms with Gasteiger partial charge in [-0.05, 0) is 25.1 Å². The van der Waals surface area contributed by atoms with Crippen LogP contribution in [0.4, 0.5) is 14.9 Å². The van der Waals surface area contributed by atoms with E-state index in [1.54, 1.807) is 6.07 Å². The van der Waals surface area contributed by atoms with Crippen LogP contribution in [-0.4, -0.2) is 72.1 Å². The molecule has 2 atom stereocenters. The Morgan fingerprint density at radius 2 is 2.14 bits per heavy atom. The molecular weight excluding hydrogens is 481 g/mol. The lowest BCUT2D eigenvalue weighted by Gasteiger charge is -2.33. The smallest absolute Gasteiger partial charge is 0.317 e. The largest absolute Gasteiger partial charge is 0.322 e. The topological polar surface area (TPSA) is 150 Å². The third-order valence-corrected chi connectivity index (χ3v) is 6.52. The monoisotopic (exact) mass is 505 g/mol. The van der Waals surface area contributed by atoms with Crippen LogP contribution in [-0.2, 0) is 34.4 Å². The Hall–Kier alpha value is -3.54. The molecule has 0 aliphatic carbocycles. The van der Waals surface area contributed by atoms with E-state index in [4.69, 9.17) is 10.1 Å². The zero-order valence-electron chi connectivity index (χ0n) is 19.3. The molecule has 1 aromatic heterocycles. The van der Waals surface area contributed by atoms with E-state index in [-0.39, 0.29) is 42.6 Å². The highest BCUT2D eigenvalue weighted by molar-refractivity contribution is 7.88. The van der Waals surface area contributed by atoms with Gasteiger partial charge in [-0.3, -0.25) is 14.3 Å². The van der Waals surface area contributed by atoms with Gasteiger partial charge in [0.2, 0.25) is 10.0 Å². The minimum absolute atomic E-state index is 0.0479. The van der Waals surface area contributed by atoms with Crippen LogP contribution in [0, 0.1) is 17.1 Å². The van der Waals surface area contributed by atoms with Gasteiger partial charge in [-0.15, -0.1) is 0 Å². The number of aromatic nitrogens is 2. The molecule has 0 spiro atoms. The average Bonchev–Trinajstić information content (AvgIpc) is 3.07. The van der Waals surface area contributed by atoms with E-state index in [0.717, 1.165) is 17.4 Å². The summed E-state index contributed by atoms with van der Waals surface area (Å²) < 4.78 is 40.5. The van der Waals surface area contributed by atoms with Crippen molar-refractivity contribution in [3.63, 3.8) is 0 Å². The summed E-state index contributed by atoms with van der Waals surface area (Å²) in [5, 5.41) is 17.3. The number of hydrogen-bond donors (Lipinski definition) is 2. The van der Waals surface area contributed by atoms with Crippen LogP contribution in [0.3, 0.4) is 0 Å². The lowest BCUT2D eigenvalue weighted by Crippen LogP contribution is -2.45. The van der Waals surface area contributed by atoms with Gasteiger partial charge < -0.3 is 10.2 Å². The number of amides is 3. The number of nitriles is 1. The molecule has 186 valence electrons. The molecule has 1 aromatic carbocycles. The van der Waals surface area contributed by atoms with Crippen molar-refractivity contribution in [3.8, 4) is 6.07 Å². The van der Waals surface area contributed by atoms with Crippen molar-refractivity contribution in [2.24, 2.45) is 0 Å². The Morgan fingerprint density at radius 1 is 1.40 bits per heavy atom. The molecule has 3 amide bonds. The molecule has 0 fully saturated rings. The Kier molecular flexibility index (Phi) is 6.50. The number of hydroxylamine groups is 2. The van der Waals surface area contributed by atoms with Crippen molar-refractivity contribution in [2.75, 3.05) is 25.2 Å². The molecule has 2 aliphatic rings. The highest BCUT2D eigenvalue weighted by Gasteiger charge is 2.37. The van der Waals surface area contributed by atoms with Crippen LogP contribution in [0.5, 0.6) is 0 Å². The highest BCUT2D eigenvalue weighted by Crippen LogP contribution is 2.29. The average molecular weight is 506 g/mol. The molecule has 1 unspecified atom stereocenters. The number of carbonyl (C=O) groups excluding carboxylic acids is 2. The van der Waals surface area contributed by atoms with E-state index in [1.165, 1.54) is 28.8 Å². The van der Waals surface area contributed by atoms with Crippen LogP contribution in [0.15, 0.2) is 18.2 Å². The molecule has 4 rings (SSSR count). The Labute approximate surface area is 201 Å². The Morgan fingerprint density at radius 3 is 2.83 bits per heavy atom. The maximum Gasteiger partial charge on any atom is 0.322 e. The van der Waals surface area contributed by atoms with Crippen molar-refractivity contribution in [2.45, 2.75) is 38.6 Å². The van der Waals surface area contributed by atoms with E-state index in [2.05, 4.69) is 15.1 Å². The number of benzene rings is 1. The second kappa shape index (κ2) is 9.25. The predicted molar refractivity (Wildman–Crippen MR) is 121 cm³/mol. The van der Waals surface area contributed by atoms with Gasteiger partial charge in [0.05, 0.1) is 30.6 Å². The maximum absolute atomic E-state index is 13.6. The molecule has 3 heterocycles. The van der Waals surface area contributed by atoms with Gasteiger partial charge in [-0.25, -0.2) is 27.4 Å². The number of nitrogens with zero attached hydrogens (tertiary/aromatic N) is 5. The molecule has 2 N–H and O–H groups in total. The fraction of sp³-hybridized carbons (Fsp3) is 0.429. The van der Waals surface area contributed by atoms with Gasteiger partial charge in [-0.1, -0.05) is 0 Å². The van der Waals surface area contributed by atoms with E-state index in [0.29, 0.717) is 17.7 Å². The summed E-state index contributed by atoms with van der Waals surface area (Å²) in [5.74, 6) is -1.15. The van der Waals surface area contributed by atoms with Gasteiger partial charge in [0.1, 0.15) is 23.7 Å². The molecule has 0 radical (unpaired) electrons. The van der Waals surface area contributed by atoms with Crippen molar-refractivity contribution in [1.82, 2.24) is 24.5 Å². The summed E-state index contributed by atoms with van der Waals surface area (Å²) in [6.45, 7) is 2.02. The third-order valence-electron chi connectivity index (χ3n) is 5.83. The number of carbonyl (C=O) groups is 2. The zero-order chi connectivity index (χ0) is 25.5. The maximum atomic E-state index is 13.6. The molecule has 0 saturated heterocycles. The van der Waals surface area contributed by atoms with Crippen molar-refractivity contribution in [3.05, 3.63) is 46.5 Å². The highest BCUT2D eigenvalue weighted by atomic mass is 32.2. The number of fused-ring (bicyclic) bond motifs is 3. The second-order valence-electron chi connectivity index (χ2n) is 8.52. The minimum Gasteiger partial charge on any atom is -0.317 e. The first-order chi connectivity index (χ1) is 16.5. The lowest BCUT2D eigenvalue weighted by atomic mass is 9.99. The summed E-state index contributed by atoms with van der Waals surface area (Å²) in [6.07, 6.45) is 0.746. The summed E-state index contributed by atoms with van der Waals surface area (Å²) in [6, 6.07) is 4.72. The first-order valence-electron chi connectivity index (χ1n) is 10.7. The first kappa shape index (κ1) is 24.6. The molecule has 0 saturated carbocycles. The van der Waals surface area contributed by atoms with Gasteiger partial charge in [0, 0.05) is 37.3 Å². The van der Waals surface area contributed by atoms with Crippen LogP contribution < -0.4 is 10.0 Å². The Balaban J connectivity index is 1.58. The van der Waals surface area contributed by atoms with Gasteiger partial charge in [-0.2, -0.15) is 10.4 Å². The number of urea groups is 1. The van der Waals surface area contributed by atoms with Gasteiger partial charge in [0.15, 0.2) is 0 Å². The molecule has 0 bridgehead atoms. The fourth-order valence-corrected chi connectivity index (χ4v) is 4.60. The number of hydrogen-bond acceptors (Lipinski definition) is 7. The SMILES string of the molecule is C[C@@H]1Cc2nn3c(c2CN1C(=O)Nc1ccc(F)c(C#N)c1)C(=O)N(C)OC(CNS(C)(=O)=O)C3. The number of anilines is 1. The van der Waals surface area contributed by atoms with E-state index >= 15 is 0 Å². The standard InChI is InChI=1S/C21H24FN7O5S/c1-12-6-18-16(11-28(12)21(31)25-14-4-5-17(22)13(7-14)8-23)19-20(30)27(2)34-15(10-29(19)26-18)9-24-35(3,32)33/h4-5,7,12,15,24H,6,9-11H2,1-3H3,(H,25,31)/t12-,15?/m1/s1. The van der Waals surface area contributed by atoms with Crippen LogP contribution in [0.2, 0.25) is 0 Å². The van der Waals surface area contributed by atoms with Crippen LogP contribution in [0.25, 0.3) is 0 Å². The minimum atomic E-state index is -3.46. The summed E-state index contributed by atoms with van der Waals surface area (Å²) in [4.78, 5) is 33.2. The van der Waals surface area contributed by atoms with Crippen molar-refractivity contribution in [1.29, 1.82) is 5.26 Å². The van der Waals surface area contributed by atoms with Crippen molar-refractivity contribution >= 4 is 27.6 Å². The third kappa shape index (κ3) is 5.11. The summed E-state index contributed by atoms with van der Waals surface area (Å²) in [5.41, 5.74) is 1.59. The first-order valence-corrected chi connectivity index (χ1v) is 12.6. The second-order valence-corrected chi connectivity index (χ2v) is 10.4. The molecule has 35 heavy (non-hydrogen) atoms. The van der Waals surface area contributed by atoms with Gasteiger partial charge >= 0.3 is 6.03 Å². The summed E-state index contributed by atoms with van der Waals surface area (Å²) in [7, 11) is -2.02. The number of rotatable bonds is 4. The van der Waals surface area contributed by atoms with E-state index in [9.17, 15) is 22.4 Å². The Bertz CT molecular complexity index is 1340. The van der Waals surface area contributed by atoms with Crippen LogP contribution >= 0.6 is 0 Å². The number of halogens is 1. The van der Waals surface area contributed by atoms with E-state index < -0.39 is 33.9 Å². The van der Waals surface area contributed by atoms with Crippen molar-refractivity contribution < 1.29 is 27.2 Å². The fourth-order valence-electron chi connectivity index (χ4n) is 4.12. The number of nitrogens with one attached hydrogen (secondary N) is 2. The quantitative estimate of drug-likeness (QED) is 0.624. The molecule has 14 heteroatoms. The van der Waals surface area contributed by atoms with Crippen LogP contribution in [0.1, 0.15) is 34.2 Å². The molecule has 12 nitrogen and oxygen atoms in total. The molecule has 2 aliphatic heterocycles. The predicted octanol–water partition coefficient (Wildman–Crippen LogP) is 0.808. The molecular formula is C21H24FN7O5S. The molecule has 2 aromatic rings. The van der Waals surface area contributed by atoms with Gasteiger partial charge in [0.25, 0.3) is 5.91 Å². The zero-order valence-corrected chi connectivity index (χ0v) is 20.1. The summed E-state index contributed by atoms with van der Waals surface area (Å²) >= 11 is 0. The van der Waals surface area contributed by atoms with E-state index in [1.807, 2.05) is 6.92 Å². The number of sulfonamides is 1. The lowest BCUT2D eigenvalue weighted by molar-refractivity contribution is -0.145. The normalized spacial score (nSPS) is 20.0.